The first-order chi connectivity index (χ1) is 18.3. The number of alkyl halides is 3. The Morgan fingerprint density at radius 3 is 2.38 bits per heavy atom. The maximum absolute atomic E-state index is 14.3. The molecule has 3 fully saturated rings. The number of ether oxygens (including phenoxy) is 1. The molecule has 5 rings (SSSR count). The smallest absolute Gasteiger partial charge is 0.381 e. The predicted octanol–water partition coefficient (Wildman–Crippen LogP) is 6.31. The molecule has 1 aromatic carbocycles. The van der Waals surface area contributed by atoms with E-state index in [4.69, 9.17) is 4.74 Å². The third-order valence-corrected chi connectivity index (χ3v) is 9.88. The fourth-order valence-electron chi connectivity index (χ4n) is 6.29. The fourth-order valence-corrected chi connectivity index (χ4v) is 7.53. The van der Waals surface area contributed by atoms with E-state index < -0.39 is 28.3 Å². The molecule has 10 heteroatoms. The number of carbonyl (C=O) groups excluding carboxylic acids is 1. The molecule has 0 radical (unpaired) electrons. The number of carbonyl (C=O) groups is 1. The average molecular weight is 566 g/mol. The maximum Gasteiger partial charge on any atom is 0.417 e. The van der Waals surface area contributed by atoms with Gasteiger partial charge in [-0.05, 0) is 89.0 Å². The zero-order valence-corrected chi connectivity index (χ0v) is 23.9. The molecule has 2 atom stereocenters. The molecule has 214 valence electrons. The Bertz CT molecular complexity index is 1270. The van der Waals surface area contributed by atoms with Crippen molar-refractivity contribution in [2.45, 2.75) is 101 Å². The topological polar surface area (TPSA) is 72.4 Å². The maximum atomic E-state index is 14.3. The van der Waals surface area contributed by atoms with Crippen molar-refractivity contribution in [2.24, 2.45) is 5.41 Å². The average Bonchev–Trinajstić information content (AvgIpc) is 3.16. The second kappa shape index (κ2) is 10.3. The summed E-state index contributed by atoms with van der Waals surface area (Å²) in [5, 5.41) is 3.11. The largest absolute Gasteiger partial charge is 0.417 e. The number of hydrogen-bond donors (Lipinski definition) is 2. The molecular formula is C29H38F3N3O3S. The van der Waals surface area contributed by atoms with Crippen molar-refractivity contribution in [3.63, 3.8) is 0 Å². The van der Waals surface area contributed by atoms with Gasteiger partial charge in [0.2, 0.25) is 0 Å². The van der Waals surface area contributed by atoms with Gasteiger partial charge in [-0.25, -0.2) is 8.93 Å². The van der Waals surface area contributed by atoms with Crippen LogP contribution in [0.3, 0.4) is 0 Å². The molecule has 6 nitrogen and oxygen atoms in total. The molecule has 1 aliphatic heterocycles. The number of benzene rings is 1. The van der Waals surface area contributed by atoms with E-state index in [2.05, 4.69) is 14.6 Å². The normalized spacial score (nSPS) is 22.3. The molecule has 39 heavy (non-hydrogen) atoms. The quantitative estimate of drug-likeness (QED) is 0.431. The van der Waals surface area contributed by atoms with Gasteiger partial charge in [-0.1, -0.05) is 18.9 Å². The third kappa shape index (κ3) is 5.84. The SMILES string of the molecule is Cc1c(C(=O)NC2CCOCC2)cc(-c2ccc(S(=O)NC(C)(C)C)c(C(F)(F)F)c2)n1C1CC12CCCC2. The number of amides is 1. The van der Waals surface area contributed by atoms with Crippen molar-refractivity contribution in [2.75, 3.05) is 13.2 Å². The molecule has 2 aromatic rings. The third-order valence-electron chi connectivity index (χ3n) is 8.33. The van der Waals surface area contributed by atoms with Crippen LogP contribution < -0.4 is 10.0 Å². The van der Waals surface area contributed by atoms with Gasteiger partial charge in [0.25, 0.3) is 5.91 Å². The van der Waals surface area contributed by atoms with Crippen LogP contribution in [-0.2, 0) is 21.9 Å². The van der Waals surface area contributed by atoms with Gasteiger partial charge < -0.3 is 14.6 Å². The van der Waals surface area contributed by atoms with E-state index in [1.54, 1.807) is 32.9 Å². The summed E-state index contributed by atoms with van der Waals surface area (Å²) in [5.74, 6) is -0.205. The van der Waals surface area contributed by atoms with Crippen molar-refractivity contribution in [3.05, 3.63) is 41.1 Å². The van der Waals surface area contributed by atoms with Gasteiger partial charge in [-0.15, -0.1) is 0 Å². The van der Waals surface area contributed by atoms with E-state index in [-0.39, 0.29) is 28.3 Å². The number of halogens is 3. The van der Waals surface area contributed by atoms with E-state index in [0.29, 0.717) is 30.0 Å². The molecule has 3 aliphatic rings. The molecule has 2 aliphatic carbocycles. The zero-order valence-electron chi connectivity index (χ0n) is 23.0. The number of aromatic nitrogens is 1. The highest BCUT2D eigenvalue weighted by molar-refractivity contribution is 7.83. The van der Waals surface area contributed by atoms with E-state index in [9.17, 15) is 22.2 Å². The second-order valence-corrected chi connectivity index (χ2v) is 13.6. The number of rotatable bonds is 6. The van der Waals surface area contributed by atoms with E-state index >= 15 is 0 Å². The Hall–Kier alpha value is -2.17. The summed E-state index contributed by atoms with van der Waals surface area (Å²) in [7, 11) is -2.05. The summed E-state index contributed by atoms with van der Waals surface area (Å²) in [4.78, 5) is 13.1. The zero-order chi connectivity index (χ0) is 28.2. The van der Waals surface area contributed by atoms with Crippen LogP contribution in [0.15, 0.2) is 29.2 Å². The van der Waals surface area contributed by atoms with Crippen LogP contribution in [0, 0.1) is 12.3 Å². The van der Waals surface area contributed by atoms with Crippen molar-refractivity contribution in [1.29, 1.82) is 0 Å². The summed E-state index contributed by atoms with van der Waals surface area (Å²) < 4.78 is 66.0. The molecule has 1 amide bonds. The van der Waals surface area contributed by atoms with Gasteiger partial charge in [0.1, 0.15) is 11.0 Å². The molecule has 1 spiro atoms. The minimum atomic E-state index is -4.69. The van der Waals surface area contributed by atoms with E-state index in [0.717, 1.165) is 56.7 Å². The lowest BCUT2D eigenvalue weighted by Gasteiger charge is -2.23. The summed E-state index contributed by atoms with van der Waals surface area (Å²) >= 11 is 0. The van der Waals surface area contributed by atoms with Gasteiger partial charge in [0.15, 0.2) is 0 Å². The fraction of sp³-hybridized carbons (Fsp3) is 0.621. The minimum Gasteiger partial charge on any atom is -0.381 e. The van der Waals surface area contributed by atoms with Crippen LogP contribution in [-0.4, -0.2) is 39.5 Å². The van der Waals surface area contributed by atoms with Gasteiger partial charge in [-0.3, -0.25) is 4.79 Å². The van der Waals surface area contributed by atoms with Crippen LogP contribution in [0.4, 0.5) is 13.2 Å². The molecule has 2 unspecified atom stereocenters. The van der Waals surface area contributed by atoms with Crippen molar-refractivity contribution >= 4 is 16.9 Å². The Labute approximate surface area is 230 Å². The van der Waals surface area contributed by atoms with Gasteiger partial charge >= 0.3 is 6.18 Å². The highest BCUT2D eigenvalue weighted by atomic mass is 32.2. The molecule has 0 bridgehead atoms. The van der Waals surface area contributed by atoms with Crippen molar-refractivity contribution < 1.29 is 26.9 Å². The van der Waals surface area contributed by atoms with Gasteiger partial charge in [-0.2, -0.15) is 13.2 Å². The van der Waals surface area contributed by atoms with Crippen LogP contribution in [0.25, 0.3) is 11.3 Å². The Morgan fingerprint density at radius 2 is 1.77 bits per heavy atom. The molecule has 2 saturated carbocycles. The molecule has 2 heterocycles. The number of hydrogen-bond acceptors (Lipinski definition) is 3. The van der Waals surface area contributed by atoms with Crippen LogP contribution in [0.2, 0.25) is 0 Å². The lowest BCUT2D eigenvalue weighted by Crippen LogP contribution is -2.39. The Kier molecular flexibility index (Phi) is 7.52. The molecule has 1 saturated heterocycles. The van der Waals surface area contributed by atoms with E-state index in [1.807, 2.05) is 6.92 Å². The Balaban J connectivity index is 1.56. The highest BCUT2D eigenvalue weighted by Crippen LogP contribution is 2.66. The second-order valence-electron chi connectivity index (χ2n) is 12.4. The lowest BCUT2D eigenvalue weighted by atomic mass is 10.0. The van der Waals surface area contributed by atoms with Crippen LogP contribution >= 0.6 is 0 Å². The summed E-state index contributed by atoms with van der Waals surface area (Å²) in [5.41, 5.74) is 0.841. The van der Waals surface area contributed by atoms with Gasteiger partial charge in [0.05, 0.1) is 16.0 Å². The molecule has 2 N–H and O–H groups in total. The first-order valence-electron chi connectivity index (χ1n) is 13.8. The lowest BCUT2D eigenvalue weighted by molar-refractivity contribution is -0.139. The number of nitrogens with zero attached hydrogens (tertiary/aromatic N) is 1. The summed E-state index contributed by atoms with van der Waals surface area (Å²) in [6.45, 7) is 8.35. The predicted molar refractivity (Wildman–Crippen MR) is 145 cm³/mol. The van der Waals surface area contributed by atoms with E-state index in [1.165, 1.54) is 6.07 Å². The monoisotopic (exact) mass is 565 g/mol. The first kappa shape index (κ1) is 28.4. The molecule has 1 aromatic heterocycles. The number of nitrogens with one attached hydrogen (secondary N) is 2. The minimum absolute atomic E-state index is 0.0148. The van der Waals surface area contributed by atoms with Crippen LogP contribution in [0.1, 0.15) is 93.4 Å². The summed E-state index contributed by atoms with van der Waals surface area (Å²) in [6.07, 6.45) is 2.26. The van der Waals surface area contributed by atoms with Crippen molar-refractivity contribution in [3.8, 4) is 11.3 Å². The van der Waals surface area contributed by atoms with Crippen molar-refractivity contribution in [1.82, 2.24) is 14.6 Å². The Morgan fingerprint density at radius 1 is 1.10 bits per heavy atom. The highest BCUT2D eigenvalue weighted by Gasteiger charge is 2.57. The first-order valence-corrected chi connectivity index (χ1v) is 15.0. The standard InChI is InChI=1S/C29H38F3N3O3S/c1-18-21(26(36)33-20-9-13-38-14-10-20)16-23(35(18)25-17-28(25)11-5-6-12-28)19-7-8-24(22(15-19)29(30,31)32)39(37)34-27(2,3)4/h7-8,15-16,20,25,34H,5-6,9-14,17H2,1-4H3,(H,33,36). The van der Waals surface area contributed by atoms with Gasteiger partial charge in [0, 0.05) is 42.2 Å². The van der Waals surface area contributed by atoms with Crippen LogP contribution in [0.5, 0.6) is 0 Å². The molecular weight excluding hydrogens is 527 g/mol. The summed E-state index contributed by atoms with van der Waals surface area (Å²) in [6, 6.07) is 5.91.